The number of hydrogen-bond donors (Lipinski definition) is 1. The second-order valence-corrected chi connectivity index (χ2v) is 5.92. The van der Waals surface area contributed by atoms with Crippen molar-refractivity contribution < 1.29 is 9.53 Å². The molecule has 1 aliphatic carbocycles. The molecule has 1 atom stereocenters. The van der Waals surface area contributed by atoms with E-state index in [0.29, 0.717) is 0 Å². The molecule has 1 unspecified atom stereocenters. The molecular formula is C13H17NO2S. The van der Waals surface area contributed by atoms with Gasteiger partial charge in [0, 0.05) is 23.4 Å². The number of carbonyl (C=O) groups is 1. The van der Waals surface area contributed by atoms with Crippen LogP contribution in [0.2, 0.25) is 0 Å². The second-order valence-electron chi connectivity index (χ2n) is 4.98. The lowest BCUT2D eigenvalue weighted by Gasteiger charge is -2.16. The van der Waals surface area contributed by atoms with Crippen LogP contribution in [-0.4, -0.2) is 25.2 Å². The maximum atomic E-state index is 11.9. The van der Waals surface area contributed by atoms with Gasteiger partial charge in [-0.3, -0.25) is 4.79 Å². The lowest BCUT2D eigenvalue weighted by molar-refractivity contribution is -0.130. The average molecular weight is 251 g/mol. The first kappa shape index (κ1) is 11.2. The Hall–Kier alpha value is -0.870. The normalized spacial score (nSPS) is 25.8. The van der Waals surface area contributed by atoms with E-state index in [1.54, 1.807) is 11.3 Å². The standard InChI is InChI=1S/C13H17NO2S/c15-12(10-3-1-7-16-10)14-9-13(5-6-13)11-4-2-8-17-11/h2,4,8,10H,1,3,5-7,9H2,(H,14,15). The van der Waals surface area contributed by atoms with E-state index < -0.39 is 0 Å². The number of nitrogens with one attached hydrogen (secondary N) is 1. The van der Waals surface area contributed by atoms with Crippen LogP contribution in [0.1, 0.15) is 30.6 Å². The number of hydrogen-bond acceptors (Lipinski definition) is 3. The zero-order chi connectivity index (χ0) is 11.7. The van der Waals surface area contributed by atoms with Crippen LogP contribution in [-0.2, 0) is 14.9 Å². The topological polar surface area (TPSA) is 38.3 Å². The zero-order valence-electron chi connectivity index (χ0n) is 9.78. The maximum absolute atomic E-state index is 11.9. The Bertz CT molecular complexity index is 392. The molecule has 0 spiro atoms. The maximum Gasteiger partial charge on any atom is 0.249 e. The molecule has 2 heterocycles. The van der Waals surface area contributed by atoms with Gasteiger partial charge in [-0.05, 0) is 37.1 Å². The fourth-order valence-electron chi connectivity index (χ4n) is 2.40. The summed E-state index contributed by atoms with van der Waals surface area (Å²) in [4.78, 5) is 13.3. The van der Waals surface area contributed by atoms with Crippen LogP contribution in [0.25, 0.3) is 0 Å². The van der Waals surface area contributed by atoms with E-state index in [9.17, 15) is 4.79 Å². The number of rotatable bonds is 4. The van der Waals surface area contributed by atoms with Crippen molar-refractivity contribution in [2.75, 3.05) is 13.2 Å². The highest BCUT2D eigenvalue weighted by atomic mass is 32.1. The number of ether oxygens (including phenoxy) is 1. The number of thiophene rings is 1. The molecule has 0 radical (unpaired) electrons. The third-order valence-electron chi connectivity index (χ3n) is 3.72. The molecule has 2 fully saturated rings. The average Bonchev–Trinajstić information content (AvgIpc) is 2.82. The first-order valence-corrected chi connectivity index (χ1v) is 7.11. The highest BCUT2D eigenvalue weighted by molar-refractivity contribution is 7.10. The van der Waals surface area contributed by atoms with Crippen LogP contribution in [0.4, 0.5) is 0 Å². The van der Waals surface area contributed by atoms with E-state index in [2.05, 4.69) is 22.8 Å². The molecule has 0 bridgehead atoms. The fraction of sp³-hybridized carbons (Fsp3) is 0.615. The van der Waals surface area contributed by atoms with Crippen molar-refractivity contribution in [3.05, 3.63) is 22.4 Å². The Morgan fingerprint density at radius 3 is 3.06 bits per heavy atom. The molecule has 3 nitrogen and oxygen atoms in total. The summed E-state index contributed by atoms with van der Waals surface area (Å²) in [6, 6.07) is 4.26. The van der Waals surface area contributed by atoms with Crippen LogP contribution in [0, 0.1) is 0 Å². The summed E-state index contributed by atoms with van der Waals surface area (Å²) < 4.78 is 5.38. The van der Waals surface area contributed by atoms with E-state index in [1.165, 1.54) is 17.7 Å². The summed E-state index contributed by atoms with van der Waals surface area (Å²) in [6.07, 6.45) is 4.07. The first-order valence-electron chi connectivity index (χ1n) is 6.23. The fourth-order valence-corrected chi connectivity index (χ4v) is 3.38. The van der Waals surface area contributed by atoms with E-state index in [0.717, 1.165) is 26.0 Å². The summed E-state index contributed by atoms with van der Waals surface area (Å²) in [5, 5.41) is 5.17. The zero-order valence-corrected chi connectivity index (χ0v) is 10.6. The molecule has 1 saturated heterocycles. The summed E-state index contributed by atoms with van der Waals surface area (Å²) in [7, 11) is 0. The van der Waals surface area contributed by atoms with Crippen molar-refractivity contribution in [3.63, 3.8) is 0 Å². The van der Waals surface area contributed by atoms with Crippen molar-refractivity contribution in [2.45, 2.75) is 37.2 Å². The van der Waals surface area contributed by atoms with E-state index >= 15 is 0 Å². The van der Waals surface area contributed by atoms with Crippen LogP contribution in [0.15, 0.2) is 17.5 Å². The third-order valence-corrected chi connectivity index (χ3v) is 4.84. The van der Waals surface area contributed by atoms with Crippen LogP contribution < -0.4 is 5.32 Å². The van der Waals surface area contributed by atoms with E-state index in [-0.39, 0.29) is 17.4 Å². The van der Waals surface area contributed by atoms with Gasteiger partial charge in [0.2, 0.25) is 5.91 Å². The Morgan fingerprint density at radius 2 is 2.47 bits per heavy atom. The van der Waals surface area contributed by atoms with Gasteiger partial charge in [-0.15, -0.1) is 11.3 Å². The van der Waals surface area contributed by atoms with Crippen LogP contribution >= 0.6 is 11.3 Å². The summed E-state index contributed by atoms with van der Waals surface area (Å²) in [5.74, 6) is 0.0744. The van der Waals surface area contributed by atoms with Crippen molar-refractivity contribution in [1.82, 2.24) is 5.32 Å². The lowest BCUT2D eigenvalue weighted by Crippen LogP contribution is -2.38. The van der Waals surface area contributed by atoms with Crippen molar-refractivity contribution in [2.24, 2.45) is 0 Å². The smallest absolute Gasteiger partial charge is 0.249 e. The van der Waals surface area contributed by atoms with Gasteiger partial charge >= 0.3 is 0 Å². The minimum atomic E-state index is -0.200. The molecule has 92 valence electrons. The predicted octanol–water partition coefficient (Wildman–Crippen LogP) is 2.07. The Labute approximate surface area is 105 Å². The molecule has 0 aromatic carbocycles. The molecule has 1 aromatic heterocycles. The Balaban J connectivity index is 1.56. The molecule has 17 heavy (non-hydrogen) atoms. The summed E-state index contributed by atoms with van der Waals surface area (Å²) >= 11 is 1.79. The van der Waals surface area contributed by atoms with Gasteiger partial charge in [-0.1, -0.05) is 6.07 Å². The highest BCUT2D eigenvalue weighted by Crippen LogP contribution is 2.49. The lowest BCUT2D eigenvalue weighted by atomic mass is 10.1. The summed E-state index contributed by atoms with van der Waals surface area (Å²) in [6.45, 7) is 1.50. The molecule has 3 rings (SSSR count). The van der Waals surface area contributed by atoms with Crippen molar-refractivity contribution >= 4 is 17.2 Å². The molecular weight excluding hydrogens is 234 g/mol. The third kappa shape index (κ3) is 2.24. The van der Waals surface area contributed by atoms with Crippen molar-refractivity contribution in [1.29, 1.82) is 0 Å². The molecule has 1 amide bonds. The number of amides is 1. The molecule has 1 saturated carbocycles. The summed E-state index contributed by atoms with van der Waals surface area (Å²) in [5.41, 5.74) is 0.239. The van der Waals surface area contributed by atoms with Crippen molar-refractivity contribution in [3.8, 4) is 0 Å². The first-order chi connectivity index (χ1) is 8.30. The molecule has 1 aliphatic heterocycles. The SMILES string of the molecule is O=C(NCC1(c2cccs2)CC1)C1CCCO1. The minimum Gasteiger partial charge on any atom is -0.368 e. The van der Waals surface area contributed by atoms with Gasteiger partial charge in [-0.25, -0.2) is 0 Å². The molecule has 4 heteroatoms. The van der Waals surface area contributed by atoms with Gasteiger partial charge in [0.1, 0.15) is 6.10 Å². The van der Waals surface area contributed by atoms with E-state index in [1.807, 2.05) is 0 Å². The highest BCUT2D eigenvalue weighted by Gasteiger charge is 2.45. The van der Waals surface area contributed by atoms with Gasteiger partial charge in [0.25, 0.3) is 0 Å². The largest absolute Gasteiger partial charge is 0.368 e. The minimum absolute atomic E-state index is 0.0744. The molecule has 1 aromatic rings. The molecule has 2 aliphatic rings. The van der Waals surface area contributed by atoms with Gasteiger partial charge in [0.05, 0.1) is 0 Å². The van der Waals surface area contributed by atoms with Gasteiger partial charge < -0.3 is 10.1 Å². The van der Waals surface area contributed by atoms with Crippen LogP contribution in [0.3, 0.4) is 0 Å². The quantitative estimate of drug-likeness (QED) is 0.889. The molecule has 1 N–H and O–H groups in total. The van der Waals surface area contributed by atoms with E-state index in [4.69, 9.17) is 4.74 Å². The Morgan fingerprint density at radius 1 is 1.59 bits per heavy atom. The number of carbonyl (C=O) groups excluding carboxylic acids is 1. The van der Waals surface area contributed by atoms with Gasteiger partial charge in [-0.2, -0.15) is 0 Å². The van der Waals surface area contributed by atoms with Gasteiger partial charge in [0.15, 0.2) is 0 Å². The Kier molecular flexibility index (Phi) is 2.92. The van der Waals surface area contributed by atoms with Crippen LogP contribution in [0.5, 0.6) is 0 Å². The predicted molar refractivity (Wildman–Crippen MR) is 67.2 cm³/mol. The second kappa shape index (κ2) is 4.42. The monoisotopic (exact) mass is 251 g/mol.